The zero-order valence-electron chi connectivity index (χ0n) is 11.3. The van der Waals surface area contributed by atoms with E-state index in [0.717, 1.165) is 0 Å². The van der Waals surface area contributed by atoms with E-state index in [9.17, 15) is 14.0 Å². The predicted octanol–water partition coefficient (Wildman–Crippen LogP) is 3.00. The maximum absolute atomic E-state index is 12.8. The molecule has 102 valence electrons. The first-order valence-electron chi connectivity index (χ1n) is 6.14. The highest BCUT2D eigenvalue weighted by molar-refractivity contribution is 6.21. The summed E-state index contributed by atoms with van der Waals surface area (Å²) in [5, 5.41) is 0. The first-order valence-corrected chi connectivity index (χ1v) is 6.14. The van der Waals surface area contributed by atoms with Crippen LogP contribution in [0.25, 0.3) is 6.08 Å². The van der Waals surface area contributed by atoms with E-state index in [1.54, 1.807) is 20.8 Å². The summed E-state index contributed by atoms with van der Waals surface area (Å²) in [7, 11) is 0. The molecule has 0 unspecified atom stereocenters. The molecule has 0 atom stereocenters. The molecule has 1 aromatic rings. The number of hydrogen-bond acceptors (Lipinski definition) is 3. The molecule has 0 aliphatic rings. The molecule has 0 aliphatic carbocycles. The van der Waals surface area contributed by atoms with Gasteiger partial charge in [-0.1, -0.05) is 26.0 Å². The van der Waals surface area contributed by atoms with Crippen molar-refractivity contribution in [3.8, 4) is 0 Å². The third-order valence-electron chi connectivity index (χ3n) is 2.47. The molecule has 0 fully saturated rings. The topological polar surface area (TPSA) is 43.4 Å². The summed E-state index contributed by atoms with van der Waals surface area (Å²) in [4.78, 5) is 23.8. The monoisotopic (exact) mass is 264 g/mol. The second-order valence-electron chi connectivity index (χ2n) is 4.35. The van der Waals surface area contributed by atoms with Gasteiger partial charge in [0.2, 0.25) is 0 Å². The zero-order valence-corrected chi connectivity index (χ0v) is 11.3. The third kappa shape index (κ3) is 4.32. The lowest BCUT2D eigenvalue weighted by Crippen LogP contribution is -2.19. The average Bonchev–Trinajstić information content (AvgIpc) is 2.37. The lowest BCUT2D eigenvalue weighted by molar-refractivity contribution is -0.140. The van der Waals surface area contributed by atoms with Gasteiger partial charge < -0.3 is 4.74 Å². The van der Waals surface area contributed by atoms with Gasteiger partial charge in [-0.2, -0.15) is 0 Å². The Hall–Kier alpha value is -1.97. The summed E-state index contributed by atoms with van der Waals surface area (Å²) in [6.07, 6.45) is 1.43. The summed E-state index contributed by atoms with van der Waals surface area (Å²) >= 11 is 0. The predicted molar refractivity (Wildman–Crippen MR) is 70.9 cm³/mol. The van der Waals surface area contributed by atoms with Gasteiger partial charge in [0.25, 0.3) is 0 Å². The van der Waals surface area contributed by atoms with Crippen LogP contribution in [0.15, 0.2) is 29.8 Å². The van der Waals surface area contributed by atoms with E-state index in [2.05, 4.69) is 0 Å². The summed E-state index contributed by atoms with van der Waals surface area (Å²) in [6.45, 7) is 5.29. The quantitative estimate of drug-likeness (QED) is 0.355. The van der Waals surface area contributed by atoms with E-state index in [-0.39, 0.29) is 29.7 Å². The van der Waals surface area contributed by atoms with Crippen LogP contribution in [-0.4, -0.2) is 18.4 Å². The van der Waals surface area contributed by atoms with Gasteiger partial charge in [0.05, 0.1) is 6.61 Å². The number of benzene rings is 1. The van der Waals surface area contributed by atoms with Crippen LogP contribution in [0.4, 0.5) is 4.39 Å². The summed E-state index contributed by atoms with van der Waals surface area (Å²) in [5.41, 5.74) is 0.571. The molecule has 4 heteroatoms. The highest BCUT2D eigenvalue weighted by atomic mass is 19.1. The van der Waals surface area contributed by atoms with Crippen molar-refractivity contribution in [1.82, 2.24) is 0 Å². The van der Waals surface area contributed by atoms with Gasteiger partial charge in [-0.15, -0.1) is 0 Å². The fourth-order valence-corrected chi connectivity index (χ4v) is 1.48. The number of hydrogen-bond donors (Lipinski definition) is 0. The maximum Gasteiger partial charge on any atom is 0.341 e. The fraction of sp³-hybridized carbons (Fsp3) is 0.333. The Bertz CT molecular complexity index is 487. The van der Waals surface area contributed by atoms with Gasteiger partial charge in [0, 0.05) is 5.92 Å². The Morgan fingerprint density at radius 2 is 1.84 bits per heavy atom. The van der Waals surface area contributed by atoms with Crippen LogP contribution >= 0.6 is 0 Å². The minimum atomic E-state index is -0.648. The van der Waals surface area contributed by atoms with Crippen molar-refractivity contribution in [2.75, 3.05) is 6.61 Å². The first kappa shape index (κ1) is 15.1. The zero-order chi connectivity index (χ0) is 14.4. The van der Waals surface area contributed by atoms with Crippen molar-refractivity contribution in [1.29, 1.82) is 0 Å². The summed E-state index contributed by atoms with van der Waals surface area (Å²) in [6, 6.07) is 5.55. The number of carbonyl (C=O) groups excluding carboxylic acids is 2. The van der Waals surface area contributed by atoms with E-state index >= 15 is 0 Å². The lowest BCUT2D eigenvalue weighted by atomic mass is 9.99. The molecule has 0 N–H and O–H groups in total. The molecule has 0 heterocycles. The Morgan fingerprint density at radius 3 is 2.32 bits per heavy atom. The smallest absolute Gasteiger partial charge is 0.341 e. The standard InChI is InChI=1S/C15H17FO3/c1-4-19-15(18)13(14(17)10(2)3)9-11-5-7-12(16)8-6-11/h5-10H,4H2,1-3H3/b13-9+. The molecule has 0 bridgehead atoms. The van der Waals surface area contributed by atoms with Gasteiger partial charge in [-0.25, -0.2) is 9.18 Å². The van der Waals surface area contributed by atoms with Crippen LogP contribution in [0, 0.1) is 11.7 Å². The van der Waals surface area contributed by atoms with Crippen molar-refractivity contribution in [3.05, 3.63) is 41.2 Å². The second kappa shape index (κ2) is 6.83. The Labute approximate surface area is 112 Å². The van der Waals surface area contributed by atoms with E-state index in [1.165, 1.54) is 30.3 Å². The molecule has 0 aromatic heterocycles. The van der Waals surface area contributed by atoms with Crippen LogP contribution in [0.1, 0.15) is 26.3 Å². The number of carbonyl (C=O) groups is 2. The third-order valence-corrected chi connectivity index (χ3v) is 2.47. The minimum absolute atomic E-state index is 0.0107. The lowest BCUT2D eigenvalue weighted by Gasteiger charge is -2.08. The van der Waals surface area contributed by atoms with Crippen molar-refractivity contribution >= 4 is 17.8 Å². The first-order chi connectivity index (χ1) is 8.95. The van der Waals surface area contributed by atoms with Crippen molar-refractivity contribution < 1.29 is 18.7 Å². The van der Waals surface area contributed by atoms with Gasteiger partial charge in [-0.05, 0) is 30.7 Å². The van der Waals surface area contributed by atoms with Crippen molar-refractivity contribution in [3.63, 3.8) is 0 Å². The highest BCUT2D eigenvalue weighted by Crippen LogP contribution is 2.14. The second-order valence-corrected chi connectivity index (χ2v) is 4.35. The minimum Gasteiger partial charge on any atom is -0.462 e. The number of halogens is 1. The van der Waals surface area contributed by atoms with Crippen LogP contribution < -0.4 is 0 Å². The van der Waals surface area contributed by atoms with Crippen LogP contribution in [0.3, 0.4) is 0 Å². The average molecular weight is 264 g/mol. The number of Topliss-reactive ketones (excluding diaryl/α,β-unsaturated/α-hetero) is 1. The largest absolute Gasteiger partial charge is 0.462 e. The van der Waals surface area contributed by atoms with Crippen LogP contribution in [-0.2, 0) is 14.3 Å². The number of esters is 1. The molecule has 0 aliphatic heterocycles. The molecule has 0 amide bonds. The number of ketones is 1. The maximum atomic E-state index is 12.8. The molecule has 0 radical (unpaired) electrons. The highest BCUT2D eigenvalue weighted by Gasteiger charge is 2.21. The Balaban J connectivity index is 3.11. The SMILES string of the molecule is CCOC(=O)/C(=C/c1ccc(F)cc1)C(=O)C(C)C. The normalized spacial score (nSPS) is 11.5. The van der Waals surface area contributed by atoms with Gasteiger partial charge in [-0.3, -0.25) is 4.79 Å². The molecule has 1 rings (SSSR count). The number of ether oxygens (including phenoxy) is 1. The Morgan fingerprint density at radius 1 is 1.26 bits per heavy atom. The summed E-state index contributed by atoms with van der Waals surface area (Å²) in [5.74, 6) is -1.62. The molecule has 0 spiro atoms. The van der Waals surface area contributed by atoms with Crippen molar-refractivity contribution in [2.45, 2.75) is 20.8 Å². The van der Waals surface area contributed by atoms with Gasteiger partial charge >= 0.3 is 5.97 Å². The number of rotatable bonds is 5. The molecule has 0 saturated carbocycles. The molecule has 19 heavy (non-hydrogen) atoms. The van der Waals surface area contributed by atoms with Crippen LogP contribution in [0.2, 0.25) is 0 Å². The van der Waals surface area contributed by atoms with Gasteiger partial charge in [0.15, 0.2) is 5.78 Å². The molecular weight excluding hydrogens is 247 g/mol. The molecular formula is C15H17FO3. The van der Waals surface area contributed by atoms with Crippen LogP contribution in [0.5, 0.6) is 0 Å². The van der Waals surface area contributed by atoms with E-state index in [0.29, 0.717) is 5.56 Å². The summed E-state index contributed by atoms with van der Waals surface area (Å²) < 4.78 is 17.7. The fourth-order valence-electron chi connectivity index (χ4n) is 1.48. The van der Waals surface area contributed by atoms with E-state index in [4.69, 9.17) is 4.74 Å². The van der Waals surface area contributed by atoms with E-state index in [1.807, 2.05) is 0 Å². The van der Waals surface area contributed by atoms with Crippen molar-refractivity contribution in [2.24, 2.45) is 5.92 Å². The molecule has 0 saturated heterocycles. The Kier molecular flexibility index (Phi) is 5.42. The van der Waals surface area contributed by atoms with E-state index < -0.39 is 5.97 Å². The molecule has 1 aromatic carbocycles. The van der Waals surface area contributed by atoms with Gasteiger partial charge in [0.1, 0.15) is 11.4 Å². The molecule has 3 nitrogen and oxygen atoms in total.